The highest BCUT2D eigenvalue weighted by Gasteiger charge is 2.25. The van der Waals surface area contributed by atoms with E-state index in [2.05, 4.69) is 15.5 Å². The monoisotopic (exact) mass is 497 g/mol. The van der Waals surface area contributed by atoms with Crippen molar-refractivity contribution < 1.29 is 28.5 Å². The maximum absolute atomic E-state index is 12.9. The first-order valence-electron chi connectivity index (χ1n) is 9.98. The fourth-order valence-electron chi connectivity index (χ4n) is 2.75. The molecular formula is C22H25Cl2N3O6. The third-order valence-corrected chi connectivity index (χ3v) is 4.84. The molecule has 11 heteroatoms. The fraction of sp³-hybridized carbons (Fsp3) is 0.364. The van der Waals surface area contributed by atoms with E-state index in [1.54, 1.807) is 19.1 Å². The van der Waals surface area contributed by atoms with Crippen LogP contribution < -0.4 is 24.3 Å². The predicted molar refractivity (Wildman–Crippen MR) is 126 cm³/mol. The molecule has 0 saturated heterocycles. The number of ketones is 1. The van der Waals surface area contributed by atoms with Crippen molar-refractivity contribution in [3.63, 3.8) is 0 Å². The Morgan fingerprint density at radius 3 is 2.27 bits per heavy atom. The van der Waals surface area contributed by atoms with Crippen molar-refractivity contribution in [2.45, 2.75) is 26.8 Å². The molecule has 0 bridgehead atoms. The van der Waals surface area contributed by atoms with E-state index in [1.165, 1.54) is 33.3 Å². The number of rotatable bonds is 11. The first kappa shape index (κ1) is 26.2. The van der Waals surface area contributed by atoms with Crippen LogP contribution in [-0.2, 0) is 9.59 Å². The molecule has 0 heterocycles. The Hall–Kier alpha value is -3.04. The number of benzene rings is 2. The highest BCUT2D eigenvalue weighted by molar-refractivity contribution is 6.35. The van der Waals surface area contributed by atoms with E-state index in [4.69, 9.17) is 42.1 Å². The molecule has 1 N–H and O–H groups in total. The van der Waals surface area contributed by atoms with Gasteiger partial charge >= 0.3 is 0 Å². The second-order valence-corrected chi connectivity index (χ2v) is 7.34. The van der Waals surface area contributed by atoms with Gasteiger partial charge in [0.2, 0.25) is 6.04 Å². The minimum Gasteiger partial charge on any atom is -0.497 e. The summed E-state index contributed by atoms with van der Waals surface area (Å²) in [4.78, 5) is 25.1. The lowest BCUT2D eigenvalue weighted by atomic mass is 10.2. The Bertz CT molecular complexity index is 1050. The van der Waals surface area contributed by atoms with Gasteiger partial charge < -0.3 is 24.3 Å². The number of halogens is 2. The number of carbonyl (C=O) groups is 2. The smallest absolute Gasteiger partial charge is 0.258 e. The standard InChI is InChI=1S/C22H25Cl2N3O6/c1-6-32-18-9-13(23)8-16(21(18)33-7-2)26-27-20(12(3)28)22(29)25-15-10-14(30-4)11-17(31-5)19(15)24/h8-11,20H,6-7H2,1-5H3,(H,25,29). The number of carbonyl (C=O) groups excluding carboxylic acids is 2. The van der Waals surface area contributed by atoms with E-state index in [0.717, 1.165) is 0 Å². The molecule has 1 unspecified atom stereocenters. The molecule has 0 aliphatic heterocycles. The van der Waals surface area contributed by atoms with Crippen molar-refractivity contribution in [3.05, 3.63) is 34.3 Å². The van der Waals surface area contributed by atoms with Crippen LogP contribution in [0.15, 0.2) is 34.5 Å². The number of hydrogen-bond donors (Lipinski definition) is 1. The maximum atomic E-state index is 12.9. The number of nitrogens with zero attached hydrogens (tertiary/aromatic N) is 2. The van der Waals surface area contributed by atoms with Crippen LogP contribution in [0.5, 0.6) is 23.0 Å². The van der Waals surface area contributed by atoms with Gasteiger partial charge in [0.05, 0.1) is 33.1 Å². The van der Waals surface area contributed by atoms with Crippen LogP contribution in [0.1, 0.15) is 20.8 Å². The zero-order valence-electron chi connectivity index (χ0n) is 18.9. The molecule has 9 nitrogen and oxygen atoms in total. The number of amides is 1. The summed E-state index contributed by atoms with van der Waals surface area (Å²) in [7, 11) is 2.88. The second kappa shape index (κ2) is 12.3. The summed E-state index contributed by atoms with van der Waals surface area (Å²) in [5.41, 5.74) is 0.406. The van der Waals surface area contributed by atoms with Crippen molar-refractivity contribution >= 4 is 46.3 Å². The maximum Gasteiger partial charge on any atom is 0.258 e. The SMILES string of the molecule is CCOc1cc(Cl)cc(N=NC(C(C)=O)C(=O)Nc2cc(OC)cc(OC)c2Cl)c1OCC. The summed E-state index contributed by atoms with van der Waals surface area (Å²) in [6.45, 7) is 5.54. The molecule has 0 aliphatic carbocycles. The van der Waals surface area contributed by atoms with Crippen LogP contribution in [-0.4, -0.2) is 45.2 Å². The molecule has 0 radical (unpaired) electrons. The molecule has 0 saturated carbocycles. The Morgan fingerprint density at radius 1 is 1.00 bits per heavy atom. The van der Waals surface area contributed by atoms with Crippen molar-refractivity contribution in [2.24, 2.45) is 10.2 Å². The third-order valence-electron chi connectivity index (χ3n) is 4.23. The molecule has 2 aromatic carbocycles. The van der Waals surface area contributed by atoms with Gasteiger partial charge in [0.25, 0.3) is 5.91 Å². The van der Waals surface area contributed by atoms with Gasteiger partial charge in [-0.1, -0.05) is 23.2 Å². The van der Waals surface area contributed by atoms with Crippen LogP contribution >= 0.6 is 23.2 Å². The van der Waals surface area contributed by atoms with Gasteiger partial charge in [-0.15, -0.1) is 0 Å². The first-order chi connectivity index (χ1) is 15.7. The van der Waals surface area contributed by atoms with Crippen LogP contribution in [0.4, 0.5) is 11.4 Å². The Morgan fingerprint density at radius 2 is 1.70 bits per heavy atom. The average molecular weight is 498 g/mol. The van der Waals surface area contributed by atoms with E-state index >= 15 is 0 Å². The number of hydrogen-bond acceptors (Lipinski definition) is 8. The van der Waals surface area contributed by atoms with E-state index in [9.17, 15) is 9.59 Å². The molecule has 33 heavy (non-hydrogen) atoms. The molecule has 1 amide bonds. The molecular weight excluding hydrogens is 473 g/mol. The van der Waals surface area contributed by atoms with Crippen LogP contribution in [0, 0.1) is 0 Å². The number of azo groups is 1. The molecule has 0 spiro atoms. The van der Waals surface area contributed by atoms with Gasteiger partial charge in [0.1, 0.15) is 22.2 Å². The summed E-state index contributed by atoms with van der Waals surface area (Å²) >= 11 is 12.4. The van der Waals surface area contributed by atoms with Crippen molar-refractivity contribution in [1.82, 2.24) is 0 Å². The Labute approximate surface area is 202 Å². The van der Waals surface area contributed by atoms with Gasteiger partial charge in [0.15, 0.2) is 17.3 Å². The Balaban J connectivity index is 2.39. The lowest BCUT2D eigenvalue weighted by Gasteiger charge is -2.15. The van der Waals surface area contributed by atoms with E-state index in [1.807, 2.05) is 6.92 Å². The molecule has 1 atom stereocenters. The zero-order valence-corrected chi connectivity index (χ0v) is 20.4. The zero-order chi connectivity index (χ0) is 24.5. The Kier molecular flexibility index (Phi) is 9.74. The van der Waals surface area contributed by atoms with Gasteiger partial charge in [-0.3, -0.25) is 9.59 Å². The highest BCUT2D eigenvalue weighted by Crippen LogP contribution is 2.41. The van der Waals surface area contributed by atoms with Gasteiger partial charge in [-0.05, 0) is 26.8 Å². The van der Waals surface area contributed by atoms with E-state index in [0.29, 0.717) is 35.5 Å². The second-order valence-electron chi connectivity index (χ2n) is 6.53. The van der Waals surface area contributed by atoms with E-state index < -0.39 is 17.7 Å². The summed E-state index contributed by atoms with van der Waals surface area (Å²) in [5.74, 6) is 0.0868. The molecule has 2 aromatic rings. The number of ether oxygens (including phenoxy) is 4. The number of anilines is 1. The minimum absolute atomic E-state index is 0.140. The third kappa shape index (κ3) is 6.72. The minimum atomic E-state index is -1.46. The van der Waals surface area contributed by atoms with Gasteiger partial charge in [-0.2, -0.15) is 10.2 Å². The summed E-state index contributed by atoms with van der Waals surface area (Å²) in [6.07, 6.45) is 0. The summed E-state index contributed by atoms with van der Waals surface area (Å²) in [5, 5.41) is 11.1. The predicted octanol–water partition coefficient (Wildman–Crippen LogP) is 5.49. The lowest BCUT2D eigenvalue weighted by Crippen LogP contribution is -2.32. The normalized spacial score (nSPS) is 11.7. The largest absolute Gasteiger partial charge is 0.497 e. The van der Waals surface area contributed by atoms with Crippen molar-refractivity contribution in [3.8, 4) is 23.0 Å². The topological polar surface area (TPSA) is 108 Å². The molecule has 0 fully saturated rings. The number of Topliss-reactive ketones (excluding diaryl/α,β-unsaturated/α-hetero) is 1. The van der Waals surface area contributed by atoms with Crippen LogP contribution in [0.3, 0.4) is 0 Å². The molecule has 0 aliphatic rings. The average Bonchev–Trinajstić information content (AvgIpc) is 2.77. The van der Waals surface area contributed by atoms with Crippen LogP contribution in [0.25, 0.3) is 0 Å². The van der Waals surface area contributed by atoms with E-state index in [-0.39, 0.29) is 22.1 Å². The first-order valence-corrected chi connectivity index (χ1v) is 10.7. The number of methoxy groups -OCH3 is 2. The quantitative estimate of drug-likeness (QED) is 0.324. The molecule has 178 valence electrons. The fourth-order valence-corrected chi connectivity index (χ4v) is 3.19. The van der Waals surface area contributed by atoms with Gasteiger partial charge in [0, 0.05) is 23.2 Å². The summed E-state index contributed by atoms with van der Waals surface area (Å²) < 4.78 is 21.6. The van der Waals surface area contributed by atoms with Crippen LogP contribution in [0.2, 0.25) is 10.0 Å². The lowest BCUT2D eigenvalue weighted by molar-refractivity contribution is -0.126. The highest BCUT2D eigenvalue weighted by atomic mass is 35.5. The molecule has 2 rings (SSSR count). The number of nitrogens with one attached hydrogen (secondary N) is 1. The summed E-state index contributed by atoms with van der Waals surface area (Å²) in [6, 6.07) is 4.68. The van der Waals surface area contributed by atoms with Crippen molar-refractivity contribution in [1.29, 1.82) is 0 Å². The van der Waals surface area contributed by atoms with Gasteiger partial charge in [-0.25, -0.2) is 0 Å². The van der Waals surface area contributed by atoms with Crippen molar-refractivity contribution in [2.75, 3.05) is 32.8 Å². The molecule has 0 aromatic heterocycles.